The van der Waals surface area contributed by atoms with Crippen LogP contribution in [-0.2, 0) is 19.5 Å². The SMILES string of the molecule is N#Cc1cc(F)c(CN2CCc3c(nc(-c4ccc(Cl)cc4)[nH]c3=O)C2)c(F)c1. The lowest BCUT2D eigenvalue weighted by Gasteiger charge is -2.28. The zero-order valence-electron chi connectivity index (χ0n) is 15.2. The van der Waals surface area contributed by atoms with E-state index in [4.69, 9.17) is 16.9 Å². The molecule has 8 heteroatoms. The van der Waals surface area contributed by atoms with E-state index in [9.17, 15) is 13.6 Å². The summed E-state index contributed by atoms with van der Waals surface area (Å²) in [5.41, 5.74) is 1.51. The van der Waals surface area contributed by atoms with E-state index >= 15 is 0 Å². The number of aromatic nitrogens is 2. The molecule has 1 aromatic heterocycles. The average molecular weight is 413 g/mol. The highest BCUT2D eigenvalue weighted by Crippen LogP contribution is 2.23. The first kappa shape index (κ1) is 19.2. The number of nitrogens with one attached hydrogen (secondary N) is 1. The lowest BCUT2D eigenvalue weighted by atomic mass is 10.0. The normalized spacial score (nSPS) is 13.7. The fourth-order valence-corrected chi connectivity index (χ4v) is 3.54. The molecule has 0 radical (unpaired) electrons. The summed E-state index contributed by atoms with van der Waals surface area (Å²) in [4.78, 5) is 21.7. The molecule has 0 aliphatic carbocycles. The number of halogens is 3. The highest BCUT2D eigenvalue weighted by atomic mass is 35.5. The van der Waals surface area contributed by atoms with Gasteiger partial charge in [0.15, 0.2) is 0 Å². The molecule has 0 atom stereocenters. The third-order valence-corrected chi connectivity index (χ3v) is 5.17. The Bertz CT molecular complexity index is 1160. The molecule has 0 saturated heterocycles. The Hall–Kier alpha value is -3.08. The molecule has 0 saturated carbocycles. The van der Waals surface area contributed by atoms with Gasteiger partial charge in [0.2, 0.25) is 0 Å². The van der Waals surface area contributed by atoms with Crippen molar-refractivity contribution in [3.05, 3.63) is 85.8 Å². The molecule has 1 aliphatic heterocycles. The summed E-state index contributed by atoms with van der Waals surface area (Å²) in [7, 11) is 0. The molecule has 146 valence electrons. The van der Waals surface area contributed by atoms with E-state index in [1.54, 1.807) is 30.3 Å². The minimum Gasteiger partial charge on any atom is -0.306 e. The maximum Gasteiger partial charge on any atom is 0.254 e. The second-order valence-corrected chi connectivity index (χ2v) is 7.27. The molecule has 3 aromatic rings. The first-order chi connectivity index (χ1) is 13.9. The van der Waals surface area contributed by atoms with Crippen molar-refractivity contribution < 1.29 is 8.78 Å². The molecule has 5 nitrogen and oxygen atoms in total. The van der Waals surface area contributed by atoms with E-state index in [1.807, 2.05) is 4.90 Å². The largest absolute Gasteiger partial charge is 0.306 e. The molecule has 0 bridgehead atoms. The number of benzene rings is 2. The number of nitrogens with zero attached hydrogens (tertiary/aromatic N) is 3. The van der Waals surface area contributed by atoms with Gasteiger partial charge in [-0.3, -0.25) is 9.69 Å². The van der Waals surface area contributed by atoms with E-state index < -0.39 is 11.6 Å². The lowest BCUT2D eigenvalue weighted by Crippen LogP contribution is -2.35. The van der Waals surface area contributed by atoms with E-state index in [0.29, 0.717) is 41.6 Å². The van der Waals surface area contributed by atoms with Crippen molar-refractivity contribution in [2.45, 2.75) is 19.5 Å². The van der Waals surface area contributed by atoms with Gasteiger partial charge < -0.3 is 4.98 Å². The van der Waals surface area contributed by atoms with Crippen LogP contribution < -0.4 is 5.56 Å². The van der Waals surface area contributed by atoms with Gasteiger partial charge in [0.1, 0.15) is 17.5 Å². The van der Waals surface area contributed by atoms with Crippen LogP contribution >= 0.6 is 11.6 Å². The molecule has 4 rings (SSSR count). The molecule has 0 spiro atoms. The van der Waals surface area contributed by atoms with Gasteiger partial charge in [-0.25, -0.2) is 13.8 Å². The van der Waals surface area contributed by atoms with Crippen molar-refractivity contribution in [2.75, 3.05) is 6.54 Å². The summed E-state index contributed by atoms with van der Waals surface area (Å²) < 4.78 is 28.5. The highest BCUT2D eigenvalue weighted by Gasteiger charge is 2.23. The smallest absolute Gasteiger partial charge is 0.254 e. The number of H-pyrrole nitrogens is 1. The summed E-state index contributed by atoms with van der Waals surface area (Å²) >= 11 is 5.91. The molecule has 0 fully saturated rings. The third-order valence-electron chi connectivity index (χ3n) is 4.92. The molecular weight excluding hydrogens is 398 g/mol. The second kappa shape index (κ2) is 7.74. The highest BCUT2D eigenvalue weighted by molar-refractivity contribution is 6.30. The lowest BCUT2D eigenvalue weighted by molar-refractivity contribution is 0.233. The van der Waals surface area contributed by atoms with Crippen LogP contribution in [0.25, 0.3) is 11.4 Å². The molecule has 1 aliphatic rings. The molecule has 29 heavy (non-hydrogen) atoms. The number of aromatic amines is 1. The van der Waals surface area contributed by atoms with E-state index in [1.165, 1.54) is 0 Å². The van der Waals surface area contributed by atoms with Crippen LogP contribution in [0.15, 0.2) is 41.2 Å². The average Bonchev–Trinajstić information content (AvgIpc) is 2.70. The second-order valence-electron chi connectivity index (χ2n) is 6.84. The number of nitriles is 1. The number of fused-ring (bicyclic) bond motifs is 1. The van der Waals surface area contributed by atoms with Gasteiger partial charge >= 0.3 is 0 Å². The summed E-state index contributed by atoms with van der Waals surface area (Å²) in [6.07, 6.45) is 0.429. The zero-order chi connectivity index (χ0) is 20.5. The van der Waals surface area contributed by atoms with Crippen LogP contribution in [0.1, 0.15) is 22.4 Å². The summed E-state index contributed by atoms with van der Waals surface area (Å²) in [5, 5.41) is 9.40. The predicted octanol–water partition coefficient (Wildman–Crippen LogP) is 3.80. The van der Waals surface area contributed by atoms with E-state index in [2.05, 4.69) is 9.97 Å². The fourth-order valence-electron chi connectivity index (χ4n) is 3.42. The Labute approximate surface area is 170 Å². The van der Waals surface area contributed by atoms with Crippen molar-refractivity contribution >= 4 is 11.6 Å². The number of rotatable bonds is 3. The summed E-state index contributed by atoms with van der Waals surface area (Å²) in [6, 6.07) is 10.7. The van der Waals surface area contributed by atoms with Crippen LogP contribution in [0, 0.1) is 23.0 Å². The fraction of sp³-hybridized carbons (Fsp3) is 0.190. The van der Waals surface area contributed by atoms with Crippen LogP contribution in [0.3, 0.4) is 0 Å². The Morgan fingerprint density at radius 2 is 1.90 bits per heavy atom. The Kier molecular flexibility index (Phi) is 5.14. The molecule has 1 N–H and O–H groups in total. The Morgan fingerprint density at radius 1 is 1.21 bits per heavy atom. The van der Waals surface area contributed by atoms with E-state index in [-0.39, 0.29) is 23.2 Å². The molecule has 2 aromatic carbocycles. The molecule has 0 unspecified atom stereocenters. The van der Waals surface area contributed by atoms with Crippen molar-refractivity contribution in [1.29, 1.82) is 5.26 Å². The predicted molar refractivity (Wildman–Crippen MR) is 104 cm³/mol. The van der Waals surface area contributed by atoms with Crippen molar-refractivity contribution in [3.8, 4) is 17.5 Å². The van der Waals surface area contributed by atoms with Gasteiger partial charge in [-0.05, 0) is 42.8 Å². The topological polar surface area (TPSA) is 72.8 Å². The zero-order valence-corrected chi connectivity index (χ0v) is 15.9. The summed E-state index contributed by atoms with van der Waals surface area (Å²) in [5.74, 6) is -1.09. The van der Waals surface area contributed by atoms with Crippen LogP contribution in [-0.4, -0.2) is 21.4 Å². The van der Waals surface area contributed by atoms with Crippen LogP contribution in [0.5, 0.6) is 0 Å². The maximum absolute atomic E-state index is 14.2. The van der Waals surface area contributed by atoms with Gasteiger partial charge in [-0.15, -0.1) is 0 Å². The first-order valence-electron chi connectivity index (χ1n) is 8.93. The Balaban J connectivity index is 1.62. The van der Waals surface area contributed by atoms with Crippen molar-refractivity contribution in [3.63, 3.8) is 0 Å². The molecule has 2 heterocycles. The first-order valence-corrected chi connectivity index (χ1v) is 9.31. The van der Waals surface area contributed by atoms with Crippen molar-refractivity contribution in [1.82, 2.24) is 14.9 Å². The van der Waals surface area contributed by atoms with E-state index in [0.717, 1.165) is 17.7 Å². The van der Waals surface area contributed by atoms with Gasteiger partial charge in [-0.2, -0.15) is 5.26 Å². The van der Waals surface area contributed by atoms with Crippen molar-refractivity contribution in [2.24, 2.45) is 0 Å². The maximum atomic E-state index is 14.2. The number of hydrogen-bond donors (Lipinski definition) is 1. The van der Waals surface area contributed by atoms with Gasteiger partial charge in [0, 0.05) is 41.3 Å². The van der Waals surface area contributed by atoms with Crippen LogP contribution in [0.4, 0.5) is 8.78 Å². The van der Waals surface area contributed by atoms with Gasteiger partial charge in [0.25, 0.3) is 5.56 Å². The van der Waals surface area contributed by atoms with Gasteiger partial charge in [0.05, 0.1) is 17.3 Å². The number of hydrogen-bond acceptors (Lipinski definition) is 4. The standard InChI is InChI=1S/C21H15ClF2N4O/c22-14-3-1-13(2-4-14)20-26-19-11-28(6-5-15(19)21(29)27-20)10-16-17(23)7-12(9-25)8-18(16)24/h1-4,7-8H,5-6,10-11H2,(H,26,27,29). The van der Waals surface area contributed by atoms with Gasteiger partial charge in [-0.1, -0.05) is 11.6 Å². The minimum absolute atomic E-state index is 0.0214. The third kappa shape index (κ3) is 3.90. The molecular formula is C21H15ClF2N4O. The Morgan fingerprint density at radius 3 is 2.55 bits per heavy atom. The quantitative estimate of drug-likeness (QED) is 0.710. The van der Waals surface area contributed by atoms with Crippen LogP contribution in [0.2, 0.25) is 5.02 Å². The monoisotopic (exact) mass is 412 g/mol. The molecule has 0 amide bonds. The minimum atomic E-state index is -0.756. The summed E-state index contributed by atoms with van der Waals surface area (Å²) in [6.45, 7) is 0.781.